The fraction of sp³-hybridized carbons (Fsp3) is 0.750. The molecule has 3 heteroatoms. The van der Waals surface area contributed by atoms with Crippen LogP contribution in [0.2, 0.25) is 0 Å². The van der Waals surface area contributed by atoms with Gasteiger partial charge in [0.25, 0.3) is 0 Å². The zero-order valence-electron chi connectivity index (χ0n) is 6.80. The molecule has 0 radical (unpaired) electrons. The first-order valence-electron chi connectivity index (χ1n) is 4.27. The average molecular weight is 151 g/mol. The van der Waals surface area contributed by atoms with Gasteiger partial charge in [0.05, 0.1) is 11.4 Å². The molecule has 1 aromatic rings. The first-order chi connectivity index (χ1) is 5.38. The Hall–Kier alpha value is -0.860. The van der Waals surface area contributed by atoms with Gasteiger partial charge in [-0.15, -0.1) is 0 Å². The predicted molar refractivity (Wildman–Crippen MR) is 42.4 cm³/mol. The molecule has 0 spiro atoms. The van der Waals surface area contributed by atoms with E-state index < -0.39 is 0 Å². The third-order valence-electron chi connectivity index (χ3n) is 2.42. The number of rotatable bonds is 0. The highest BCUT2D eigenvalue weighted by atomic mass is 15.3. The molecule has 1 N–H and O–H groups in total. The summed E-state index contributed by atoms with van der Waals surface area (Å²) in [6, 6.07) is 0. The van der Waals surface area contributed by atoms with Crippen LogP contribution in [0.3, 0.4) is 0 Å². The molecule has 1 unspecified atom stereocenters. The van der Waals surface area contributed by atoms with Crippen molar-refractivity contribution in [2.24, 2.45) is 0 Å². The summed E-state index contributed by atoms with van der Waals surface area (Å²) in [5.74, 6) is 0.603. The summed E-state index contributed by atoms with van der Waals surface area (Å²) >= 11 is 0. The molecule has 0 aliphatic heterocycles. The maximum Gasteiger partial charge on any atom is 0.0884 e. The minimum Gasteiger partial charge on any atom is -0.197 e. The summed E-state index contributed by atoms with van der Waals surface area (Å²) in [5.41, 5.74) is 2.39. The molecule has 0 saturated carbocycles. The third-order valence-corrected chi connectivity index (χ3v) is 2.42. The normalized spacial score (nSPS) is 24.3. The summed E-state index contributed by atoms with van der Waals surface area (Å²) in [7, 11) is 0. The first kappa shape index (κ1) is 6.83. The van der Waals surface area contributed by atoms with Crippen LogP contribution in [0, 0.1) is 0 Å². The van der Waals surface area contributed by atoms with Crippen LogP contribution < -0.4 is 0 Å². The van der Waals surface area contributed by atoms with Crippen molar-refractivity contribution in [3.63, 3.8) is 0 Å². The molecule has 0 saturated heterocycles. The molecule has 0 bridgehead atoms. The van der Waals surface area contributed by atoms with Crippen molar-refractivity contribution in [3.05, 3.63) is 11.4 Å². The van der Waals surface area contributed by atoms with Gasteiger partial charge in [-0.25, -0.2) is 0 Å². The number of nitrogens with zero attached hydrogens (tertiary/aromatic N) is 2. The number of nitrogens with one attached hydrogen (secondary N) is 1. The molecule has 1 atom stereocenters. The van der Waals surface area contributed by atoms with Gasteiger partial charge < -0.3 is 0 Å². The van der Waals surface area contributed by atoms with E-state index in [0.29, 0.717) is 5.92 Å². The molecule has 1 aliphatic carbocycles. The summed E-state index contributed by atoms with van der Waals surface area (Å²) in [5, 5.41) is 11.0. The second-order valence-corrected chi connectivity index (χ2v) is 3.30. The molecule has 2 rings (SSSR count). The molecule has 11 heavy (non-hydrogen) atoms. The summed E-state index contributed by atoms with van der Waals surface area (Å²) in [6.45, 7) is 2.23. The van der Waals surface area contributed by atoms with E-state index in [-0.39, 0.29) is 0 Å². The van der Waals surface area contributed by atoms with E-state index in [2.05, 4.69) is 22.3 Å². The highest BCUT2D eigenvalue weighted by Gasteiger charge is 2.17. The zero-order chi connectivity index (χ0) is 7.68. The van der Waals surface area contributed by atoms with Crippen molar-refractivity contribution < 1.29 is 0 Å². The van der Waals surface area contributed by atoms with Gasteiger partial charge in [-0.3, -0.25) is 0 Å². The van der Waals surface area contributed by atoms with Crippen molar-refractivity contribution in [2.45, 2.75) is 38.5 Å². The quantitative estimate of drug-likeness (QED) is 0.572. The fourth-order valence-electron chi connectivity index (χ4n) is 1.72. The van der Waals surface area contributed by atoms with Crippen LogP contribution in [-0.2, 0) is 6.42 Å². The Morgan fingerprint density at radius 1 is 1.36 bits per heavy atom. The molecule has 3 nitrogen and oxygen atoms in total. The number of hydrogen-bond acceptors (Lipinski definition) is 2. The van der Waals surface area contributed by atoms with Gasteiger partial charge in [0.15, 0.2) is 0 Å². The van der Waals surface area contributed by atoms with E-state index >= 15 is 0 Å². The second-order valence-electron chi connectivity index (χ2n) is 3.30. The standard InChI is InChI=1S/C8H13N3/c1-6-4-2-3-5-7-8(6)10-11-9-7/h6H,2-5H2,1H3,(H,9,10,11). The lowest BCUT2D eigenvalue weighted by molar-refractivity contribution is 0.617. The molecule has 0 amide bonds. The molecular weight excluding hydrogens is 138 g/mol. The third kappa shape index (κ3) is 1.15. The van der Waals surface area contributed by atoms with E-state index in [4.69, 9.17) is 0 Å². The fourth-order valence-corrected chi connectivity index (χ4v) is 1.72. The highest BCUT2D eigenvalue weighted by Crippen LogP contribution is 2.26. The Morgan fingerprint density at radius 2 is 2.27 bits per heavy atom. The Labute approximate surface area is 66.2 Å². The average Bonchev–Trinajstić information content (AvgIpc) is 2.40. The van der Waals surface area contributed by atoms with Gasteiger partial charge in [-0.05, 0) is 19.3 Å². The SMILES string of the molecule is CC1CCCCc2n[nH]nc21. The maximum absolute atomic E-state index is 4.16. The van der Waals surface area contributed by atoms with Crippen molar-refractivity contribution in [3.8, 4) is 0 Å². The van der Waals surface area contributed by atoms with Crippen molar-refractivity contribution in [1.29, 1.82) is 0 Å². The number of aromatic amines is 1. The van der Waals surface area contributed by atoms with Gasteiger partial charge in [0, 0.05) is 5.92 Å². The topological polar surface area (TPSA) is 41.6 Å². The van der Waals surface area contributed by atoms with Gasteiger partial charge in [-0.1, -0.05) is 13.3 Å². The van der Waals surface area contributed by atoms with E-state index in [1.807, 2.05) is 0 Å². The molecule has 1 aromatic heterocycles. The zero-order valence-corrected chi connectivity index (χ0v) is 6.80. The van der Waals surface area contributed by atoms with E-state index in [9.17, 15) is 0 Å². The number of H-pyrrole nitrogens is 1. The lowest BCUT2D eigenvalue weighted by Gasteiger charge is -2.02. The minimum absolute atomic E-state index is 0.603. The van der Waals surface area contributed by atoms with Gasteiger partial charge in [-0.2, -0.15) is 15.4 Å². The Balaban J connectivity index is 2.34. The van der Waals surface area contributed by atoms with Crippen LogP contribution in [-0.4, -0.2) is 15.4 Å². The van der Waals surface area contributed by atoms with Crippen molar-refractivity contribution in [1.82, 2.24) is 15.4 Å². The molecule has 0 aromatic carbocycles. The predicted octanol–water partition coefficient (Wildman–Crippen LogP) is 1.63. The maximum atomic E-state index is 4.16. The molecule has 60 valence electrons. The van der Waals surface area contributed by atoms with Gasteiger partial charge >= 0.3 is 0 Å². The summed E-state index contributed by atoms with van der Waals surface area (Å²) in [6.07, 6.45) is 4.96. The lowest BCUT2D eigenvalue weighted by atomic mass is 10.0. The lowest BCUT2D eigenvalue weighted by Crippen LogP contribution is -1.94. The number of aryl methyl sites for hydroxylation is 1. The smallest absolute Gasteiger partial charge is 0.0884 e. The minimum atomic E-state index is 0.603. The highest BCUT2D eigenvalue weighted by molar-refractivity contribution is 5.14. The van der Waals surface area contributed by atoms with Crippen molar-refractivity contribution in [2.75, 3.05) is 0 Å². The first-order valence-corrected chi connectivity index (χ1v) is 4.27. The Kier molecular flexibility index (Phi) is 1.64. The Bertz CT molecular complexity index is 241. The largest absolute Gasteiger partial charge is 0.197 e. The van der Waals surface area contributed by atoms with E-state index in [1.54, 1.807) is 0 Å². The van der Waals surface area contributed by atoms with Crippen LogP contribution >= 0.6 is 0 Å². The van der Waals surface area contributed by atoms with Crippen LogP contribution in [0.4, 0.5) is 0 Å². The monoisotopic (exact) mass is 151 g/mol. The summed E-state index contributed by atoms with van der Waals surface area (Å²) < 4.78 is 0. The molecular formula is C8H13N3. The van der Waals surface area contributed by atoms with Crippen molar-refractivity contribution >= 4 is 0 Å². The van der Waals surface area contributed by atoms with Crippen LogP contribution in [0.25, 0.3) is 0 Å². The van der Waals surface area contributed by atoms with Crippen LogP contribution in [0.5, 0.6) is 0 Å². The second kappa shape index (κ2) is 2.64. The molecule has 0 fully saturated rings. The van der Waals surface area contributed by atoms with Gasteiger partial charge in [0.1, 0.15) is 0 Å². The Morgan fingerprint density at radius 3 is 3.18 bits per heavy atom. The molecule has 1 aliphatic rings. The van der Waals surface area contributed by atoms with E-state index in [0.717, 1.165) is 6.42 Å². The number of hydrogen-bond donors (Lipinski definition) is 1. The van der Waals surface area contributed by atoms with E-state index in [1.165, 1.54) is 30.7 Å². The van der Waals surface area contributed by atoms with Crippen LogP contribution in [0.1, 0.15) is 43.5 Å². The summed E-state index contributed by atoms with van der Waals surface area (Å²) in [4.78, 5) is 0. The number of fused-ring (bicyclic) bond motifs is 1. The number of aromatic nitrogens is 3. The van der Waals surface area contributed by atoms with Gasteiger partial charge in [0.2, 0.25) is 0 Å². The molecule has 1 heterocycles. The van der Waals surface area contributed by atoms with Crippen LogP contribution in [0.15, 0.2) is 0 Å².